The number of amides is 2. The Bertz CT molecular complexity index is 796. The van der Waals surface area contributed by atoms with E-state index in [9.17, 15) is 18.0 Å². The largest absolute Gasteiger partial charge is 0.481 e. The van der Waals surface area contributed by atoms with E-state index in [0.717, 1.165) is 0 Å². The number of hydrogen-bond donors (Lipinski definition) is 4. The van der Waals surface area contributed by atoms with Gasteiger partial charge in [-0.1, -0.05) is 5.92 Å². The highest BCUT2D eigenvalue weighted by molar-refractivity contribution is 7.89. The lowest BCUT2D eigenvalue weighted by Gasteiger charge is -2.17. The average Bonchev–Trinajstić information content (AvgIpc) is 2.64. The second-order valence-electron chi connectivity index (χ2n) is 5.46. The van der Waals surface area contributed by atoms with Crippen molar-refractivity contribution in [2.24, 2.45) is 0 Å². The van der Waals surface area contributed by atoms with Crippen LogP contribution in [0.25, 0.3) is 0 Å². The van der Waals surface area contributed by atoms with E-state index < -0.39 is 22.0 Å². The summed E-state index contributed by atoms with van der Waals surface area (Å²) in [5, 5.41) is 11.4. The van der Waals surface area contributed by atoms with Gasteiger partial charge in [0, 0.05) is 13.5 Å². The molecule has 9 nitrogen and oxygen atoms in total. The highest BCUT2D eigenvalue weighted by atomic mass is 32.2. The minimum Gasteiger partial charge on any atom is -0.481 e. The summed E-state index contributed by atoms with van der Waals surface area (Å²) < 4.78 is 32.5. The molecule has 0 aliphatic heterocycles. The van der Waals surface area contributed by atoms with Gasteiger partial charge in [-0.05, 0) is 44.0 Å². The molecule has 10 heteroatoms. The predicted molar refractivity (Wildman–Crippen MR) is 97.3 cm³/mol. The zero-order valence-corrected chi connectivity index (χ0v) is 15.9. The van der Waals surface area contributed by atoms with E-state index in [4.69, 9.17) is 9.94 Å². The molecule has 1 aromatic rings. The van der Waals surface area contributed by atoms with Crippen molar-refractivity contribution in [3.8, 4) is 17.6 Å². The van der Waals surface area contributed by atoms with Crippen molar-refractivity contribution >= 4 is 21.8 Å². The molecule has 1 aromatic carbocycles. The van der Waals surface area contributed by atoms with Crippen LogP contribution in [0.4, 0.5) is 0 Å². The van der Waals surface area contributed by atoms with Gasteiger partial charge in [-0.3, -0.25) is 14.8 Å². The molecular formula is C17H23N3O6S. The van der Waals surface area contributed by atoms with Crippen LogP contribution in [0, 0.1) is 11.8 Å². The van der Waals surface area contributed by atoms with E-state index in [0.29, 0.717) is 12.2 Å². The summed E-state index contributed by atoms with van der Waals surface area (Å²) in [6.45, 7) is 3.50. The molecule has 2 amide bonds. The average molecular weight is 397 g/mol. The molecule has 0 unspecified atom stereocenters. The Balaban J connectivity index is 2.78. The molecule has 0 aromatic heterocycles. The third-order valence-corrected chi connectivity index (χ3v) is 4.88. The Labute approximate surface area is 158 Å². The number of nitrogens with one attached hydrogen (secondary N) is 3. The lowest BCUT2D eigenvalue weighted by Crippen LogP contribution is -2.46. The smallest absolute Gasteiger partial charge is 0.261 e. The van der Waals surface area contributed by atoms with Crippen molar-refractivity contribution < 1.29 is 28.0 Å². The molecule has 0 spiro atoms. The maximum Gasteiger partial charge on any atom is 0.261 e. The first-order chi connectivity index (χ1) is 12.8. The van der Waals surface area contributed by atoms with E-state index in [1.165, 1.54) is 36.7 Å². The summed E-state index contributed by atoms with van der Waals surface area (Å²) >= 11 is 0. The number of hydrogen-bond acceptors (Lipinski definition) is 6. The minimum absolute atomic E-state index is 0.0611. The lowest BCUT2D eigenvalue weighted by atomic mass is 10.1. The topological polar surface area (TPSA) is 134 Å². The SMILES string of the molecule is CC#CCOc1ccc(S(=O)(=O)N[C@H](CCCNC(C)=O)C(=O)NO)cc1. The van der Waals surface area contributed by atoms with Crippen molar-refractivity contribution in [3.63, 3.8) is 0 Å². The Kier molecular flexibility index (Phi) is 9.29. The van der Waals surface area contributed by atoms with Crippen LogP contribution in [0.15, 0.2) is 29.2 Å². The van der Waals surface area contributed by atoms with Crippen molar-refractivity contribution in [2.45, 2.75) is 37.6 Å². The standard InChI is InChI=1S/C17H23N3O6S/c1-3-4-12-26-14-7-9-15(10-8-14)27(24,25)20-16(17(22)19-23)6-5-11-18-13(2)21/h7-10,16,20,23H,5-6,11-12H2,1-2H3,(H,18,21)(H,19,22)/t16-/m1/s1. The van der Waals surface area contributed by atoms with Crippen LogP contribution in [-0.2, 0) is 19.6 Å². The molecule has 1 atom stereocenters. The zero-order chi connectivity index (χ0) is 20.3. The molecule has 0 saturated carbocycles. The summed E-state index contributed by atoms with van der Waals surface area (Å²) in [6, 6.07) is 4.43. The molecule has 0 saturated heterocycles. The van der Waals surface area contributed by atoms with Gasteiger partial charge in [-0.2, -0.15) is 4.72 Å². The van der Waals surface area contributed by atoms with E-state index in [1.54, 1.807) is 6.92 Å². The van der Waals surface area contributed by atoms with Crippen LogP contribution in [0.3, 0.4) is 0 Å². The molecule has 4 N–H and O–H groups in total. The highest BCUT2D eigenvalue weighted by Crippen LogP contribution is 2.16. The Morgan fingerprint density at radius 1 is 1.26 bits per heavy atom. The monoisotopic (exact) mass is 397 g/mol. The van der Waals surface area contributed by atoms with Crippen molar-refractivity contribution in [1.82, 2.24) is 15.5 Å². The zero-order valence-electron chi connectivity index (χ0n) is 15.1. The Morgan fingerprint density at radius 2 is 1.93 bits per heavy atom. The van der Waals surface area contributed by atoms with Gasteiger partial charge < -0.3 is 10.1 Å². The number of rotatable bonds is 10. The van der Waals surface area contributed by atoms with Crippen LogP contribution in [0.5, 0.6) is 5.75 Å². The van der Waals surface area contributed by atoms with Crippen LogP contribution in [-0.4, -0.2) is 44.6 Å². The first kappa shape index (κ1) is 22.4. The van der Waals surface area contributed by atoms with Crippen LogP contribution < -0.4 is 20.3 Å². The molecule has 0 fully saturated rings. The van der Waals surface area contributed by atoms with Gasteiger partial charge in [-0.15, -0.1) is 5.92 Å². The first-order valence-corrected chi connectivity index (χ1v) is 9.61. The summed E-state index contributed by atoms with van der Waals surface area (Å²) in [5.74, 6) is 4.73. The van der Waals surface area contributed by atoms with Crippen LogP contribution >= 0.6 is 0 Å². The first-order valence-electron chi connectivity index (χ1n) is 8.13. The van der Waals surface area contributed by atoms with Gasteiger partial charge in [-0.25, -0.2) is 13.9 Å². The normalized spacial score (nSPS) is 11.7. The quantitative estimate of drug-likeness (QED) is 0.192. The summed E-state index contributed by atoms with van der Waals surface area (Å²) in [7, 11) is -4.00. The van der Waals surface area contributed by atoms with Crippen molar-refractivity contribution in [1.29, 1.82) is 0 Å². The predicted octanol–water partition coefficient (Wildman–Crippen LogP) is 0.157. The van der Waals surface area contributed by atoms with E-state index in [2.05, 4.69) is 21.9 Å². The highest BCUT2D eigenvalue weighted by Gasteiger charge is 2.25. The fourth-order valence-electron chi connectivity index (χ4n) is 2.05. The maximum atomic E-state index is 12.5. The van der Waals surface area contributed by atoms with Gasteiger partial charge in [0.25, 0.3) is 5.91 Å². The molecule has 0 aliphatic carbocycles. The number of benzene rings is 1. The molecule has 1 rings (SSSR count). The molecule has 0 heterocycles. The van der Waals surface area contributed by atoms with E-state index >= 15 is 0 Å². The van der Waals surface area contributed by atoms with Gasteiger partial charge in [0.1, 0.15) is 18.4 Å². The van der Waals surface area contributed by atoms with Gasteiger partial charge in [0.15, 0.2) is 0 Å². The number of hydroxylamine groups is 1. The fraction of sp³-hybridized carbons (Fsp3) is 0.412. The molecular weight excluding hydrogens is 374 g/mol. The van der Waals surface area contributed by atoms with Crippen molar-refractivity contribution in [3.05, 3.63) is 24.3 Å². The molecule has 0 aliphatic rings. The Hall–Kier alpha value is -2.61. The summed E-state index contributed by atoms with van der Waals surface area (Å²) in [5.41, 5.74) is 1.44. The van der Waals surface area contributed by atoms with Crippen LogP contribution in [0.2, 0.25) is 0 Å². The number of carbonyl (C=O) groups excluding carboxylic acids is 2. The third-order valence-electron chi connectivity index (χ3n) is 3.39. The second-order valence-corrected chi connectivity index (χ2v) is 7.18. The fourth-order valence-corrected chi connectivity index (χ4v) is 3.28. The maximum absolute atomic E-state index is 12.5. The number of ether oxygens (including phenoxy) is 1. The second kappa shape index (κ2) is 11.2. The molecule has 148 valence electrons. The Morgan fingerprint density at radius 3 is 2.48 bits per heavy atom. The summed E-state index contributed by atoms with van der Waals surface area (Å²) in [6.07, 6.45) is 0.425. The molecule has 0 bridgehead atoms. The summed E-state index contributed by atoms with van der Waals surface area (Å²) in [4.78, 5) is 22.5. The van der Waals surface area contributed by atoms with Gasteiger partial charge in [0.05, 0.1) is 4.90 Å². The number of sulfonamides is 1. The molecule has 0 radical (unpaired) electrons. The minimum atomic E-state index is -4.00. The van der Waals surface area contributed by atoms with Gasteiger partial charge >= 0.3 is 0 Å². The van der Waals surface area contributed by atoms with E-state index in [1.807, 2.05) is 0 Å². The van der Waals surface area contributed by atoms with Gasteiger partial charge in [0.2, 0.25) is 15.9 Å². The molecule has 27 heavy (non-hydrogen) atoms. The lowest BCUT2D eigenvalue weighted by molar-refractivity contribution is -0.131. The number of carbonyl (C=O) groups is 2. The third kappa shape index (κ3) is 8.08. The van der Waals surface area contributed by atoms with Crippen LogP contribution in [0.1, 0.15) is 26.7 Å². The van der Waals surface area contributed by atoms with E-state index in [-0.39, 0.29) is 30.4 Å². The van der Waals surface area contributed by atoms with Crippen molar-refractivity contribution in [2.75, 3.05) is 13.2 Å².